The molecule has 254 valence electrons. The van der Waals surface area contributed by atoms with Crippen LogP contribution in [0.25, 0.3) is 5.57 Å². The van der Waals surface area contributed by atoms with E-state index < -0.39 is 35.0 Å². The van der Waals surface area contributed by atoms with Crippen molar-refractivity contribution in [2.45, 2.75) is 31.1 Å². The molecule has 1 saturated carbocycles. The Balaban J connectivity index is 1.34. The van der Waals surface area contributed by atoms with Crippen molar-refractivity contribution >= 4 is 40.4 Å². The van der Waals surface area contributed by atoms with Crippen LogP contribution in [0.3, 0.4) is 0 Å². The largest absolute Gasteiger partial charge is 0.508 e. The number of imide groups is 1. The van der Waals surface area contributed by atoms with Gasteiger partial charge in [0.25, 0.3) is 0 Å². The number of rotatable bonds is 6. The Hall–Kier alpha value is -5.89. The Morgan fingerprint density at radius 1 is 0.843 bits per heavy atom. The van der Waals surface area contributed by atoms with Gasteiger partial charge in [0.15, 0.2) is 17.3 Å². The van der Waals surface area contributed by atoms with E-state index in [0.29, 0.717) is 39.3 Å². The van der Waals surface area contributed by atoms with Crippen molar-refractivity contribution in [2.24, 2.45) is 23.7 Å². The van der Waals surface area contributed by atoms with Crippen LogP contribution in [0, 0.1) is 23.7 Å². The first kappa shape index (κ1) is 32.3. The van der Waals surface area contributed by atoms with Crippen LogP contribution in [0.15, 0.2) is 121 Å². The first-order valence-electron chi connectivity index (χ1n) is 17.1. The molecule has 8 rings (SSSR count). The van der Waals surface area contributed by atoms with E-state index in [1.807, 2.05) is 54.6 Å². The number of phenols is 1. The van der Waals surface area contributed by atoms with Crippen LogP contribution >= 0.6 is 0 Å². The minimum atomic E-state index is -1.45. The molecule has 2 amide bonds. The van der Waals surface area contributed by atoms with Crippen molar-refractivity contribution in [3.8, 4) is 11.5 Å². The minimum Gasteiger partial charge on any atom is -0.508 e. The fraction of sp³-hybridized carbons (Fsp3) is 0.233. The molecule has 1 heterocycles. The Morgan fingerprint density at radius 3 is 2.18 bits per heavy atom. The van der Waals surface area contributed by atoms with Crippen LogP contribution in [0.4, 0.5) is 5.69 Å². The van der Waals surface area contributed by atoms with E-state index in [1.165, 1.54) is 31.1 Å². The van der Waals surface area contributed by atoms with Gasteiger partial charge in [0.2, 0.25) is 11.8 Å². The van der Waals surface area contributed by atoms with Gasteiger partial charge in [-0.25, -0.2) is 0 Å². The molecule has 2 fully saturated rings. The van der Waals surface area contributed by atoms with Gasteiger partial charge >= 0.3 is 0 Å². The third-order valence-corrected chi connectivity index (χ3v) is 11.5. The van der Waals surface area contributed by atoms with E-state index in [2.05, 4.69) is 0 Å². The molecule has 8 nitrogen and oxygen atoms in total. The third kappa shape index (κ3) is 4.77. The topological polar surface area (TPSA) is 118 Å². The second-order valence-electron chi connectivity index (χ2n) is 13.8. The molecule has 51 heavy (non-hydrogen) atoms. The number of hydrogen-bond acceptors (Lipinski definition) is 7. The number of Topliss-reactive ketones (excluding diaryl/α,β-unsaturated/α-hetero) is 2. The summed E-state index contributed by atoms with van der Waals surface area (Å²) in [7, 11) is 1.50. The van der Waals surface area contributed by atoms with Gasteiger partial charge in [-0.2, -0.15) is 0 Å². The summed E-state index contributed by atoms with van der Waals surface area (Å²) in [6.45, 7) is 1.45. The van der Waals surface area contributed by atoms with Gasteiger partial charge in [-0.05, 0) is 73.2 Å². The number of phenolic OH excluding ortho intramolecular Hbond substituents is 1. The molecule has 1 aliphatic heterocycles. The van der Waals surface area contributed by atoms with Crippen LogP contribution in [0.5, 0.6) is 11.5 Å². The van der Waals surface area contributed by atoms with E-state index in [-0.39, 0.29) is 47.8 Å². The lowest BCUT2D eigenvalue weighted by Crippen LogP contribution is -2.58. The van der Waals surface area contributed by atoms with E-state index in [4.69, 9.17) is 4.74 Å². The highest BCUT2D eigenvalue weighted by Gasteiger charge is 2.66. The number of ether oxygens (including phenoxy) is 1. The molecule has 6 unspecified atom stereocenters. The highest BCUT2D eigenvalue weighted by atomic mass is 16.5. The van der Waals surface area contributed by atoms with Gasteiger partial charge in [0.05, 0.1) is 30.0 Å². The zero-order valence-corrected chi connectivity index (χ0v) is 28.1. The number of carbonyl (C=O) groups is 5. The van der Waals surface area contributed by atoms with E-state index in [1.54, 1.807) is 48.5 Å². The van der Waals surface area contributed by atoms with Gasteiger partial charge < -0.3 is 9.84 Å². The quantitative estimate of drug-likeness (QED) is 0.138. The number of hydrogen-bond donors (Lipinski definition) is 1. The molecule has 1 N–H and O–H groups in total. The fourth-order valence-electron chi connectivity index (χ4n) is 9.21. The van der Waals surface area contributed by atoms with Crippen LogP contribution in [-0.2, 0) is 24.6 Å². The standard InChI is InChI=1S/C43H35NO7/c1-24(45)25-13-15-28(16-14-25)44-41(49)32-20-19-30-34(38(32)42(44)50)22-35-40(48)33(26-9-5-3-6-10-26)23-37(47)43(35,27-11-7-4-8-12-27)39(30)31-18-17-29(51-2)21-36(31)46/h3-19,21,23,32,34-35,38-39,46H,20,22H2,1-2H3. The maximum absolute atomic E-state index is 15.1. The second kappa shape index (κ2) is 12.2. The number of methoxy groups -OCH3 is 1. The van der Waals surface area contributed by atoms with Gasteiger partial charge in [-0.3, -0.25) is 28.9 Å². The molecule has 0 spiro atoms. The van der Waals surface area contributed by atoms with Crippen molar-refractivity contribution in [3.05, 3.63) is 143 Å². The van der Waals surface area contributed by atoms with Crippen LogP contribution in [-0.4, -0.2) is 41.4 Å². The number of fused-ring (bicyclic) bond motifs is 4. The predicted molar refractivity (Wildman–Crippen MR) is 190 cm³/mol. The van der Waals surface area contributed by atoms with Crippen molar-refractivity contribution in [3.63, 3.8) is 0 Å². The lowest BCUT2D eigenvalue weighted by atomic mass is 9.44. The average molecular weight is 678 g/mol. The zero-order chi connectivity index (χ0) is 35.6. The van der Waals surface area contributed by atoms with E-state index in [0.717, 1.165) is 5.57 Å². The Labute approximate surface area is 295 Å². The van der Waals surface area contributed by atoms with Gasteiger partial charge in [0.1, 0.15) is 11.5 Å². The van der Waals surface area contributed by atoms with Crippen molar-refractivity contribution in [1.29, 1.82) is 0 Å². The van der Waals surface area contributed by atoms with E-state index in [9.17, 15) is 19.5 Å². The minimum absolute atomic E-state index is 0.101. The normalized spacial score (nSPS) is 26.9. The monoisotopic (exact) mass is 677 g/mol. The summed E-state index contributed by atoms with van der Waals surface area (Å²) < 4.78 is 5.41. The lowest BCUT2D eigenvalue weighted by molar-refractivity contribution is -0.135. The third-order valence-electron chi connectivity index (χ3n) is 11.5. The molecule has 4 aromatic carbocycles. The molecule has 0 aromatic heterocycles. The molecule has 3 aliphatic carbocycles. The summed E-state index contributed by atoms with van der Waals surface area (Å²) in [5.41, 5.74) is 2.14. The summed E-state index contributed by atoms with van der Waals surface area (Å²) in [5, 5.41) is 11.7. The Bertz CT molecular complexity index is 2190. The molecule has 0 bridgehead atoms. The smallest absolute Gasteiger partial charge is 0.238 e. The number of anilines is 1. The van der Waals surface area contributed by atoms with Crippen molar-refractivity contribution < 1.29 is 33.8 Å². The summed E-state index contributed by atoms with van der Waals surface area (Å²) in [6.07, 6.45) is 3.82. The maximum atomic E-state index is 15.1. The average Bonchev–Trinajstić information content (AvgIpc) is 3.41. The summed E-state index contributed by atoms with van der Waals surface area (Å²) in [5.74, 6) is -4.83. The Kier molecular flexibility index (Phi) is 7.71. The molecule has 4 aliphatic rings. The fourth-order valence-corrected chi connectivity index (χ4v) is 9.21. The second-order valence-corrected chi connectivity index (χ2v) is 13.8. The maximum Gasteiger partial charge on any atom is 0.238 e. The highest BCUT2D eigenvalue weighted by Crippen LogP contribution is 2.64. The first-order valence-corrected chi connectivity index (χ1v) is 17.1. The molecule has 8 heteroatoms. The zero-order valence-electron chi connectivity index (χ0n) is 28.1. The van der Waals surface area contributed by atoms with E-state index >= 15 is 9.59 Å². The van der Waals surface area contributed by atoms with Gasteiger partial charge in [-0.15, -0.1) is 0 Å². The van der Waals surface area contributed by atoms with Crippen LogP contribution < -0.4 is 9.64 Å². The predicted octanol–water partition coefficient (Wildman–Crippen LogP) is 6.63. The molecular weight excluding hydrogens is 642 g/mol. The van der Waals surface area contributed by atoms with Crippen LogP contribution in [0.2, 0.25) is 0 Å². The molecular formula is C43H35NO7. The number of ketones is 3. The molecule has 4 aromatic rings. The van der Waals surface area contributed by atoms with Gasteiger partial charge in [0, 0.05) is 34.6 Å². The number of amides is 2. The van der Waals surface area contributed by atoms with Crippen LogP contribution in [0.1, 0.15) is 52.7 Å². The number of nitrogens with zero attached hydrogens (tertiary/aromatic N) is 1. The number of carbonyl (C=O) groups excluding carboxylic acids is 5. The highest BCUT2D eigenvalue weighted by molar-refractivity contribution is 6.32. The van der Waals surface area contributed by atoms with Crippen molar-refractivity contribution in [1.82, 2.24) is 0 Å². The number of allylic oxidation sites excluding steroid dienone is 4. The van der Waals surface area contributed by atoms with Crippen molar-refractivity contribution in [2.75, 3.05) is 12.0 Å². The summed E-state index contributed by atoms with van der Waals surface area (Å²) in [6, 6.07) is 29.7. The first-order chi connectivity index (χ1) is 24.7. The number of aromatic hydroxyl groups is 1. The SMILES string of the molecule is COc1ccc(C2C3=CCC4C(=O)N(c5ccc(C(C)=O)cc5)C(=O)C4C3CC3C(=O)C(c4ccccc4)=CC(=O)C32c2ccccc2)c(O)c1. The summed E-state index contributed by atoms with van der Waals surface area (Å²) in [4.78, 5) is 71.9. The summed E-state index contributed by atoms with van der Waals surface area (Å²) >= 11 is 0. The lowest BCUT2D eigenvalue weighted by Gasteiger charge is -2.55. The Morgan fingerprint density at radius 2 is 1.53 bits per heavy atom. The number of benzene rings is 4. The molecule has 1 saturated heterocycles. The van der Waals surface area contributed by atoms with Gasteiger partial charge in [-0.1, -0.05) is 78.4 Å². The molecule has 0 radical (unpaired) electrons. The molecule has 6 atom stereocenters.